The molecule has 0 unspecified atom stereocenters. The van der Waals surface area contributed by atoms with Gasteiger partial charge in [0.2, 0.25) is 5.91 Å². The maximum atomic E-state index is 11.9. The molecule has 0 spiro atoms. The van der Waals surface area contributed by atoms with Crippen LogP contribution in [0.4, 0.5) is 5.82 Å². The lowest BCUT2D eigenvalue weighted by Gasteiger charge is -2.22. The van der Waals surface area contributed by atoms with Crippen molar-refractivity contribution in [2.24, 2.45) is 5.41 Å². The minimum Gasteiger partial charge on any atom is -0.481 e. The van der Waals surface area contributed by atoms with E-state index in [9.17, 15) is 14.7 Å². The maximum Gasteiger partial charge on any atom is 0.310 e. The first-order chi connectivity index (χ1) is 8.62. The number of hydrogen-bond donors (Lipinski definition) is 2. The Labute approximate surface area is 105 Å². The lowest BCUT2D eigenvalue weighted by molar-refractivity contribution is -0.150. The van der Waals surface area contributed by atoms with Crippen molar-refractivity contribution in [3.8, 4) is 0 Å². The zero-order valence-electron chi connectivity index (χ0n) is 10.1. The quantitative estimate of drug-likeness (QED) is 0.854. The number of aromatic nitrogens is 1. The fraction of sp³-hybridized carbons (Fsp3) is 0.462. The van der Waals surface area contributed by atoms with Crippen molar-refractivity contribution in [1.82, 2.24) is 4.98 Å². The summed E-state index contributed by atoms with van der Waals surface area (Å²) in [4.78, 5) is 27.2. The minimum atomic E-state index is -0.876. The summed E-state index contributed by atoms with van der Waals surface area (Å²) in [6.07, 6.45) is 4.53. The topological polar surface area (TPSA) is 79.3 Å². The number of carboxylic acid groups (broad SMARTS) is 1. The van der Waals surface area contributed by atoms with Crippen molar-refractivity contribution in [3.05, 3.63) is 24.4 Å². The van der Waals surface area contributed by atoms with Gasteiger partial charge in [0.15, 0.2) is 0 Å². The number of carbonyl (C=O) groups is 2. The number of anilines is 1. The van der Waals surface area contributed by atoms with E-state index >= 15 is 0 Å². The van der Waals surface area contributed by atoms with Gasteiger partial charge in [-0.2, -0.15) is 0 Å². The molecular formula is C13H16N2O3. The molecule has 1 aliphatic carbocycles. The Kier molecular flexibility index (Phi) is 3.60. The van der Waals surface area contributed by atoms with Crippen molar-refractivity contribution in [2.75, 3.05) is 5.32 Å². The monoisotopic (exact) mass is 248 g/mol. The fourth-order valence-corrected chi connectivity index (χ4v) is 2.45. The van der Waals surface area contributed by atoms with Crippen LogP contribution in [0, 0.1) is 5.41 Å². The molecule has 1 amide bonds. The second-order valence-corrected chi connectivity index (χ2v) is 4.73. The van der Waals surface area contributed by atoms with E-state index in [2.05, 4.69) is 10.3 Å². The zero-order chi connectivity index (χ0) is 13.0. The zero-order valence-corrected chi connectivity index (χ0v) is 10.1. The van der Waals surface area contributed by atoms with Crippen LogP contribution < -0.4 is 5.32 Å². The molecule has 1 aliphatic rings. The summed E-state index contributed by atoms with van der Waals surface area (Å²) in [5.74, 6) is -0.685. The lowest BCUT2D eigenvalue weighted by Crippen LogP contribution is -2.32. The van der Waals surface area contributed by atoms with E-state index in [-0.39, 0.29) is 12.3 Å². The number of pyridine rings is 1. The van der Waals surface area contributed by atoms with Gasteiger partial charge in [0.1, 0.15) is 5.82 Å². The maximum absolute atomic E-state index is 11.9. The molecule has 1 aromatic heterocycles. The van der Waals surface area contributed by atoms with Gasteiger partial charge in [-0.25, -0.2) is 4.98 Å². The highest BCUT2D eigenvalue weighted by molar-refractivity contribution is 5.93. The molecule has 1 saturated carbocycles. The first kappa shape index (κ1) is 12.5. The molecule has 0 atom stereocenters. The molecule has 1 fully saturated rings. The molecule has 0 saturated heterocycles. The number of nitrogens with one attached hydrogen (secondary N) is 1. The Morgan fingerprint density at radius 3 is 2.61 bits per heavy atom. The summed E-state index contributed by atoms with van der Waals surface area (Å²) in [7, 11) is 0. The Bertz CT molecular complexity index is 439. The summed E-state index contributed by atoms with van der Waals surface area (Å²) >= 11 is 0. The lowest BCUT2D eigenvalue weighted by atomic mass is 9.82. The number of carbonyl (C=O) groups excluding carboxylic acids is 1. The third kappa shape index (κ3) is 2.67. The third-order valence-corrected chi connectivity index (χ3v) is 3.45. The van der Waals surface area contributed by atoms with Crippen LogP contribution in [0.3, 0.4) is 0 Å². The van der Waals surface area contributed by atoms with Crippen LogP contribution in [0.2, 0.25) is 0 Å². The normalized spacial score (nSPS) is 17.3. The second-order valence-electron chi connectivity index (χ2n) is 4.73. The van der Waals surface area contributed by atoms with Gasteiger partial charge in [-0.1, -0.05) is 18.9 Å². The van der Waals surface area contributed by atoms with E-state index in [1.54, 1.807) is 24.4 Å². The number of nitrogens with zero attached hydrogens (tertiary/aromatic N) is 1. The molecular weight excluding hydrogens is 232 g/mol. The number of rotatable bonds is 4. The molecule has 5 heteroatoms. The van der Waals surface area contributed by atoms with Crippen LogP contribution in [0.1, 0.15) is 32.1 Å². The second kappa shape index (κ2) is 5.16. The molecule has 0 bridgehead atoms. The van der Waals surface area contributed by atoms with Crippen molar-refractivity contribution in [1.29, 1.82) is 0 Å². The van der Waals surface area contributed by atoms with Crippen LogP contribution >= 0.6 is 0 Å². The summed E-state index contributed by atoms with van der Waals surface area (Å²) < 4.78 is 0. The molecule has 96 valence electrons. The Morgan fingerprint density at radius 2 is 2.06 bits per heavy atom. The van der Waals surface area contributed by atoms with Crippen LogP contribution in [0.5, 0.6) is 0 Å². The van der Waals surface area contributed by atoms with Gasteiger partial charge in [-0.3, -0.25) is 9.59 Å². The van der Waals surface area contributed by atoms with Gasteiger partial charge in [-0.15, -0.1) is 0 Å². The van der Waals surface area contributed by atoms with Gasteiger partial charge in [0, 0.05) is 12.6 Å². The van der Waals surface area contributed by atoms with Gasteiger partial charge < -0.3 is 10.4 Å². The average Bonchev–Trinajstić information content (AvgIpc) is 2.80. The van der Waals surface area contributed by atoms with Gasteiger partial charge in [0.25, 0.3) is 0 Å². The van der Waals surface area contributed by atoms with Gasteiger partial charge in [-0.05, 0) is 25.0 Å². The van der Waals surface area contributed by atoms with Crippen LogP contribution in [0.25, 0.3) is 0 Å². The highest BCUT2D eigenvalue weighted by Crippen LogP contribution is 2.41. The van der Waals surface area contributed by atoms with Crippen LogP contribution in [-0.4, -0.2) is 22.0 Å². The molecule has 0 aromatic carbocycles. The summed E-state index contributed by atoms with van der Waals surface area (Å²) in [6.45, 7) is 0. The Hall–Kier alpha value is -1.91. The number of aliphatic carboxylic acids is 1. The van der Waals surface area contributed by atoms with E-state index < -0.39 is 11.4 Å². The predicted molar refractivity (Wildman–Crippen MR) is 66.0 cm³/mol. The highest BCUT2D eigenvalue weighted by atomic mass is 16.4. The molecule has 1 heterocycles. The molecule has 2 N–H and O–H groups in total. The summed E-state index contributed by atoms with van der Waals surface area (Å²) in [5, 5.41) is 11.9. The molecule has 18 heavy (non-hydrogen) atoms. The van der Waals surface area contributed by atoms with Crippen LogP contribution in [0.15, 0.2) is 24.4 Å². The molecule has 0 radical (unpaired) electrons. The van der Waals surface area contributed by atoms with E-state index in [0.717, 1.165) is 12.8 Å². The SMILES string of the molecule is O=C(CC1(C(=O)O)CCCC1)Nc1ccccn1. The van der Waals surface area contributed by atoms with Crippen molar-refractivity contribution in [3.63, 3.8) is 0 Å². The van der Waals surface area contributed by atoms with E-state index in [4.69, 9.17) is 0 Å². The number of carboxylic acids is 1. The predicted octanol–water partition coefficient (Wildman–Crippen LogP) is 2.06. The van der Waals surface area contributed by atoms with E-state index in [1.165, 1.54) is 0 Å². The Balaban J connectivity index is 2.00. The van der Waals surface area contributed by atoms with Gasteiger partial charge in [0.05, 0.1) is 5.41 Å². The van der Waals surface area contributed by atoms with Crippen LogP contribution in [-0.2, 0) is 9.59 Å². The molecule has 5 nitrogen and oxygen atoms in total. The first-order valence-corrected chi connectivity index (χ1v) is 6.07. The van der Waals surface area contributed by atoms with E-state index in [0.29, 0.717) is 18.7 Å². The third-order valence-electron chi connectivity index (χ3n) is 3.45. The molecule has 0 aliphatic heterocycles. The number of amides is 1. The van der Waals surface area contributed by atoms with E-state index in [1.807, 2.05) is 0 Å². The fourth-order valence-electron chi connectivity index (χ4n) is 2.45. The number of hydrogen-bond acceptors (Lipinski definition) is 3. The molecule has 1 aromatic rings. The Morgan fingerprint density at radius 1 is 1.33 bits per heavy atom. The largest absolute Gasteiger partial charge is 0.481 e. The van der Waals surface area contributed by atoms with Gasteiger partial charge >= 0.3 is 5.97 Å². The van der Waals surface area contributed by atoms with Crippen molar-refractivity contribution >= 4 is 17.7 Å². The first-order valence-electron chi connectivity index (χ1n) is 6.07. The summed E-state index contributed by atoms with van der Waals surface area (Å²) in [5.41, 5.74) is -0.876. The smallest absolute Gasteiger partial charge is 0.310 e. The average molecular weight is 248 g/mol. The summed E-state index contributed by atoms with van der Waals surface area (Å²) in [6, 6.07) is 5.20. The minimum absolute atomic E-state index is 0.0267. The van der Waals surface area contributed by atoms with Crippen molar-refractivity contribution < 1.29 is 14.7 Å². The molecule has 2 rings (SSSR count). The standard InChI is InChI=1S/C13H16N2O3/c16-11(15-10-5-1-4-8-14-10)9-13(12(17)18)6-2-3-7-13/h1,4-5,8H,2-3,6-7,9H2,(H,17,18)(H,14,15,16). The van der Waals surface area contributed by atoms with Crippen molar-refractivity contribution in [2.45, 2.75) is 32.1 Å². The highest BCUT2D eigenvalue weighted by Gasteiger charge is 2.42.